The number of fused-ring (bicyclic) bond motifs is 3. The molecule has 1 spiro atoms. The highest BCUT2D eigenvalue weighted by molar-refractivity contribution is 6.00. The standard InChI is InChI=1S/C34H43N5O5/c1-23(2)14-18-38-21-30(40)37-34(15-8-10-24-9-4-5-11-27(24)34)33(43)35-16-6-7-17-39(22-31(38)41)32(42)29-20-25-19-26(44-3)12-13-28(25)36-29/h4-5,9,11-13,19-20,23,36H,6-8,10,14-18,21-22H2,1-3H3,(H,35,43)(H,37,40). The van der Waals surface area contributed by atoms with Gasteiger partial charge in [-0.05, 0) is 79.8 Å². The van der Waals surface area contributed by atoms with Gasteiger partial charge >= 0.3 is 0 Å². The Hall–Kier alpha value is -4.34. The van der Waals surface area contributed by atoms with Gasteiger partial charge in [0.15, 0.2) is 0 Å². The van der Waals surface area contributed by atoms with Gasteiger partial charge in [0.05, 0.1) is 13.7 Å². The summed E-state index contributed by atoms with van der Waals surface area (Å²) in [5, 5.41) is 6.97. The lowest BCUT2D eigenvalue weighted by Crippen LogP contribution is -2.60. The smallest absolute Gasteiger partial charge is 0.270 e. The van der Waals surface area contributed by atoms with Crippen LogP contribution < -0.4 is 15.4 Å². The molecule has 1 fully saturated rings. The topological polar surface area (TPSA) is 124 Å². The van der Waals surface area contributed by atoms with Crippen molar-refractivity contribution in [3.63, 3.8) is 0 Å². The number of rotatable bonds is 5. The van der Waals surface area contributed by atoms with Crippen molar-refractivity contribution in [1.82, 2.24) is 25.4 Å². The van der Waals surface area contributed by atoms with Crippen LogP contribution in [-0.4, -0.2) is 78.2 Å². The van der Waals surface area contributed by atoms with Gasteiger partial charge in [-0.25, -0.2) is 0 Å². The van der Waals surface area contributed by atoms with Crippen LogP contribution in [0.25, 0.3) is 10.9 Å². The van der Waals surface area contributed by atoms with Crippen LogP contribution in [0, 0.1) is 5.92 Å². The van der Waals surface area contributed by atoms with E-state index in [1.807, 2.05) is 42.5 Å². The highest BCUT2D eigenvalue weighted by Crippen LogP contribution is 2.36. The molecule has 10 heteroatoms. The van der Waals surface area contributed by atoms with Gasteiger partial charge in [-0.2, -0.15) is 0 Å². The van der Waals surface area contributed by atoms with Gasteiger partial charge in [0.2, 0.25) is 17.7 Å². The van der Waals surface area contributed by atoms with Crippen molar-refractivity contribution in [2.24, 2.45) is 5.92 Å². The number of H-pyrrole nitrogens is 1. The molecule has 2 aliphatic rings. The maximum absolute atomic E-state index is 13.8. The highest BCUT2D eigenvalue weighted by Gasteiger charge is 2.44. The molecule has 5 rings (SSSR count). The first-order chi connectivity index (χ1) is 21.2. The molecule has 0 bridgehead atoms. The largest absolute Gasteiger partial charge is 0.497 e. The Bertz CT molecular complexity index is 1530. The number of hydrogen-bond acceptors (Lipinski definition) is 5. The van der Waals surface area contributed by atoms with Crippen LogP contribution in [0.15, 0.2) is 48.5 Å². The number of carbonyl (C=O) groups is 4. The van der Waals surface area contributed by atoms with Gasteiger partial charge in [-0.1, -0.05) is 38.1 Å². The van der Waals surface area contributed by atoms with Crippen LogP contribution in [0.5, 0.6) is 5.75 Å². The van der Waals surface area contributed by atoms with Crippen LogP contribution in [0.4, 0.5) is 0 Å². The number of carbonyl (C=O) groups excluding carboxylic acids is 4. The number of ether oxygens (including phenoxy) is 1. The number of aromatic amines is 1. The summed E-state index contributed by atoms with van der Waals surface area (Å²) in [5.74, 6) is -0.238. The molecule has 10 nitrogen and oxygen atoms in total. The van der Waals surface area contributed by atoms with E-state index in [1.165, 1.54) is 9.80 Å². The van der Waals surface area contributed by atoms with E-state index in [2.05, 4.69) is 29.5 Å². The zero-order valence-electron chi connectivity index (χ0n) is 25.9. The Morgan fingerprint density at radius 1 is 1.02 bits per heavy atom. The van der Waals surface area contributed by atoms with Crippen LogP contribution in [0.1, 0.15) is 67.6 Å². The van der Waals surface area contributed by atoms with E-state index in [9.17, 15) is 19.2 Å². The molecule has 0 radical (unpaired) electrons. The summed E-state index contributed by atoms with van der Waals surface area (Å²) in [4.78, 5) is 61.3. The number of nitrogens with one attached hydrogen (secondary N) is 3. The summed E-state index contributed by atoms with van der Waals surface area (Å²) in [7, 11) is 1.59. The van der Waals surface area contributed by atoms with Gasteiger partial charge in [-0.3, -0.25) is 19.2 Å². The van der Waals surface area contributed by atoms with E-state index in [-0.39, 0.29) is 30.8 Å². The van der Waals surface area contributed by atoms with Crippen LogP contribution >= 0.6 is 0 Å². The zero-order chi connectivity index (χ0) is 31.3. The third-order valence-corrected chi connectivity index (χ3v) is 8.69. The number of benzene rings is 2. The summed E-state index contributed by atoms with van der Waals surface area (Å²) in [6, 6.07) is 15.1. The Labute approximate surface area is 258 Å². The van der Waals surface area contributed by atoms with Gasteiger partial charge in [0.25, 0.3) is 5.91 Å². The summed E-state index contributed by atoms with van der Waals surface area (Å²) < 4.78 is 5.32. The van der Waals surface area contributed by atoms with Crippen molar-refractivity contribution in [3.8, 4) is 5.75 Å². The van der Waals surface area contributed by atoms with E-state index >= 15 is 0 Å². The Morgan fingerprint density at radius 2 is 1.84 bits per heavy atom. The molecule has 3 aromatic rings. The molecule has 1 aromatic heterocycles. The lowest BCUT2D eigenvalue weighted by molar-refractivity contribution is -0.139. The van der Waals surface area contributed by atoms with Crippen molar-refractivity contribution in [2.75, 3.05) is 39.8 Å². The van der Waals surface area contributed by atoms with Crippen LogP contribution in [-0.2, 0) is 26.3 Å². The van der Waals surface area contributed by atoms with Gasteiger partial charge < -0.3 is 30.2 Å². The monoisotopic (exact) mass is 601 g/mol. The summed E-state index contributed by atoms with van der Waals surface area (Å²) >= 11 is 0. The average molecular weight is 602 g/mol. The molecular weight excluding hydrogens is 558 g/mol. The number of aromatic nitrogens is 1. The minimum Gasteiger partial charge on any atom is -0.497 e. The normalized spacial score (nSPS) is 20.3. The predicted octanol–water partition coefficient (Wildman–Crippen LogP) is 3.75. The first-order valence-corrected chi connectivity index (χ1v) is 15.6. The third-order valence-electron chi connectivity index (χ3n) is 8.69. The van der Waals surface area contributed by atoms with E-state index in [4.69, 9.17) is 4.74 Å². The van der Waals surface area contributed by atoms with E-state index in [0.717, 1.165) is 34.9 Å². The van der Waals surface area contributed by atoms with E-state index < -0.39 is 11.4 Å². The second-order valence-corrected chi connectivity index (χ2v) is 12.3. The molecular formula is C34H43N5O5. The molecule has 3 N–H and O–H groups in total. The Balaban J connectivity index is 1.42. The first kappa shape index (κ1) is 31.1. The van der Waals surface area contributed by atoms with Gasteiger partial charge in [0, 0.05) is 30.5 Å². The fourth-order valence-corrected chi connectivity index (χ4v) is 6.23. The van der Waals surface area contributed by atoms with Crippen LogP contribution in [0.3, 0.4) is 0 Å². The number of hydrogen-bond donors (Lipinski definition) is 3. The molecule has 1 aliphatic carbocycles. The first-order valence-electron chi connectivity index (χ1n) is 15.6. The van der Waals surface area contributed by atoms with Crippen molar-refractivity contribution in [3.05, 3.63) is 65.4 Å². The summed E-state index contributed by atoms with van der Waals surface area (Å²) in [5.41, 5.74) is 1.84. The van der Waals surface area contributed by atoms with Crippen molar-refractivity contribution < 1.29 is 23.9 Å². The molecule has 2 aromatic carbocycles. The maximum atomic E-state index is 13.8. The quantitative estimate of drug-likeness (QED) is 0.411. The second kappa shape index (κ2) is 13.5. The minimum absolute atomic E-state index is 0.150. The molecule has 44 heavy (non-hydrogen) atoms. The van der Waals surface area contributed by atoms with E-state index in [0.29, 0.717) is 62.7 Å². The second-order valence-electron chi connectivity index (χ2n) is 12.3. The molecule has 1 aliphatic heterocycles. The third kappa shape index (κ3) is 6.74. The number of amides is 4. The molecule has 1 atom stereocenters. The van der Waals surface area contributed by atoms with E-state index in [1.54, 1.807) is 13.2 Å². The molecule has 0 saturated carbocycles. The molecule has 2 heterocycles. The lowest BCUT2D eigenvalue weighted by Gasteiger charge is -2.39. The zero-order valence-corrected chi connectivity index (χ0v) is 25.9. The molecule has 4 amide bonds. The highest BCUT2D eigenvalue weighted by atomic mass is 16.5. The lowest BCUT2D eigenvalue weighted by atomic mass is 9.75. The molecule has 1 unspecified atom stereocenters. The Morgan fingerprint density at radius 3 is 2.64 bits per heavy atom. The minimum atomic E-state index is -1.19. The summed E-state index contributed by atoms with van der Waals surface area (Å²) in [6.45, 7) is 4.87. The Kier molecular flexibility index (Phi) is 9.56. The van der Waals surface area contributed by atoms with Crippen molar-refractivity contribution >= 4 is 34.5 Å². The average Bonchev–Trinajstić information content (AvgIpc) is 3.45. The number of nitrogens with zero attached hydrogens (tertiary/aromatic N) is 2. The molecule has 234 valence electrons. The number of methoxy groups -OCH3 is 1. The van der Waals surface area contributed by atoms with Crippen LogP contribution in [0.2, 0.25) is 0 Å². The van der Waals surface area contributed by atoms with Gasteiger partial charge in [-0.15, -0.1) is 0 Å². The number of aryl methyl sites for hydroxylation is 1. The predicted molar refractivity (Wildman–Crippen MR) is 168 cm³/mol. The fraction of sp³-hybridized carbons (Fsp3) is 0.471. The molecule has 1 saturated heterocycles. The fourth-order valence-electron chi connectivity index (χ4n) is 6.23. The summed E-state index contributed by atoms with van der Waals surface area (Å²) in [6.07, 6.45) is 3.99. The van der Waals surface area contributed by atoms with Crippen molar-refractivity contribution in [2.45, 2.75) is 57.9 Å². The SMILES string of the molecule is COc1ccc2[nH]c(C(=O)N3CCCCNC(=O)C4(CCCc5ccccc54)NC(=O)CN(CCC(C)C)C(=O)C3)cc2c1. The maximum Gasteiger partial charge on any atom is 0.270 e. The van der Waals surface area contributed by atoms with Gasteiger partial charge in [0.1, 0.15) is 23.5 Å². The van der Waals surface area contributed by atoms with Crippen molar-refractivity contribution in [1.29, 1.82) is 0 Å².